The molecule has 0 saturated carbocycles. The van der Waals surface area contributed by atoms with Crippen LogP contribution in [0.15, 0.2) is 60.7 Å². The zero-order valence-corrected chi connectivity index (χ0v) is 16.1. The van der Waals surface area contributed by atoms with Gasteiger partial charge in [-0.2, -0.15) is 0 Å². The Morgan fingerprint density at radius 3 is 2.44 bits per heavy atom. The van der Waals surface area contributed by atoms with Gasteiger partial charge in [0.2, 0.25) is 0 Å². The van der Waals surface area contributed by atoms with Crippen molar-refractivity contribution in [1.82, 2.24) is 0 Å². The number of nitrogens with two attached hydrogens (primary N) is 1. The predicted molar refractivity (Wildman–Crippen MR) is 113 cm³/mol. The minimum absolute atomic E-state index is 0.596. The maximum absolute atomic E-state index is 6.46. The Morgan fingerprint density at radius 1 is 0.926 bits per heavy atom. The average molecular weight is 362 g/mol. The number of benzene rings is 3. The zero-order valence-electron chi connectivity index (χ0n) is 16.1. The van der Waals surface area contributed by atoms with Crippen molar-refractivity contribution in [2.75, 3.05) is 24.8 Å². The zero-order chi connectivity index (χ0) is 19.2. The molecule has 0 aliphatic rings. The number of aryl methyl sites for hydroxylation is 1. The molecule has 0 fully saturated rings. The highest BCUT2D eigenvalue weighted by Crippen LogP contribution is 2.34. The van der Waals surface area contributed by atoms with Crippen LogP contribution in [0.4, 0.5) is 11.4 Å². The van der Waals surface area contributed by atoms with Gasteiger partial charge in [-0.1, -0.05) is 42.5 Å². The van der Waals surface area contributed by atoms with E-state index in [1.807, 2.05) is 49.4 Å². The smallest absolute Gasteiger partial charge is 0.161 e. The summed E-state index contributed by atoms with van der Waals surface area (Å²) in [5.41, 5.74) is 12.6. The first-order valence-electron chi connectivity index (χ1n) is 9.12. The Balaban J connectivity index is 1.82. The number of hydrogen-bond donors (Lipinski definition) is 2. The maximum Gasteiger partial charge on any atom is 0.161 e. The third kappa shape index (κ3) is 4.17. The van der Waals surface area contributed by atoms with E-state index in [0.717, 1.165) is 39.6 Å². The molecule has 4 nitrogen and oxygen atoms in total. The fraction of sp³-hybridized carbons (Fsp3) is 0.217. The van der Waals surface area contributed by atoms with Gasteiger partial charge in [-0.05, 0) is 48.7 Å². The summed E-state index contributed by atoms with van der Waals surface area (Å²) in [4.78, 5) is 0. The Labute approximate surface area is 160 Å². The van der Waals surface area contributed by atoms with Crippen molar-refractivity contribution >= 4 is 11.4 Å². The lowest BCUT2D eigenvalue weighted by Gasteiger charge is -2.15. The van der Waals surface area contributed by atoms with Crippen LogP contribution in [0.5, 0.6) is 11.5 Å². The molecule has 3 N–H and O–H groups in total. The second kappa shape index (κ2) is 8.49. The van der Waals surface area contributed by atoms with Gasteiger partial charge in [0.15, 0.2) is 11.5 Å². The normalized spacial score (nSPS) is 10.5. The van der Waals surface area contributed by atoms with Gasteiger partial charge in [-0.3, -0.25) is 0 Å². The number of ether oxygens (including phenoxy) is 2. The number of para-hydroxylation sites is 1. The van der Waals surface area contributed by atoms with Crippen LogP contribution in [0.3, 0.4) is 0 Å². The first-order valence-corrected chi connectivity index (χ1v) is 9.12. The quantitative estimate of drug-likeness (QED) is 0.563. The van der Waals surface area contributed by atoms with Crippen molar-refractivity contribution in [1.29, 1.82) is 0 Å². The van der Waals surface area contributed by atoms with Gasteiger partial charge in [-0.15, -0.1) is 0 Å². The van der Waals surface area contributed by atoms with Gasteiger partial charge in [0, 0.05) is 12.1 Å². The monoisotopic (exact) mass is 362 g/mol. The predicted octanol–water partition coefficient (Wildman–Crippen LogP) is 5.26. The summed E-state index contributed by atoms with van der Waals surface area (Å²) in [6, 6.07) is 20.3. The summed E-state index contributed by atoms with van der Waals surface area (Å²) in [7, 11) is 1.65. The molecular weight excluding hydrogens is 336 g/mol. The van der Waals surface area contributed by atoms with Crippen molar-refractivity contribution < 1.29 is 9.47 Å². The van der Waals surface area contributed by atoms with Crippen LogP contribution in [0.1, 0.15) is 18.1 Å². The lowest BCUT2D eigenvalue weighted by molar-refractivity contribution is 0.310. The summed E-state index contributed by atoms with van der Waals surface area (Å²) in [6.07, 6.45) is 0. The summed E-state index contributed by atoms with van der Waals surface area (Å²) in [5.74, 6) is 1.49. The largest absolute Gasteiger partial charge is 0.493 e. The van der Waals surface area contributed by atoms with E-state index in [-0.39, 0.29) is 0 Å². The molecule has 3 aromatic rings. The highest BCUT2D eigenvalue weighted by atomic mass is 16.5. The van der Waals surface area contributed by atoms with Gasteiger partial charge < -0.3 is 20.5 Å². The number of anilines is 2. The summed E-state index contributed by atoms with van der Waals surface area (Å²) in [6.45, 7) is 5.30. The third-order valence-corrected chi connectivity index (χ3v) is 4.55. The van der Waals surface area contributed by atoms with Gasteiger partial charge >= 0.3 is 0 Å². The Hall–Kier alpha value is -3.14. The van der Waals surface area contributed by atoms with Crippen LogP contribution in [-0.2, 0) is 6.54 Å². The van der Waals surface area contributed by atoms with E-state index < -0.39 is 0 Å². The van der Waals surface area contributed by atoms with Crippen LogP contribution in [0.25, 0.3) is 11.1 Å². The molecule has 0 aliphatic heterocycles. The SMILES string of the molecule is CCOc1cc(CNc2cccc(-c3ccccc3C)c2N)ccc1OC. The van der Waals surface area contributed by atoms with Gasteiger partial charge in [0.1, 0.15) is 0 Å². The second-order valence-corrected chi connectivity index (χ2v) is 6.35. The topological polar surface area (TPSA) is 56.5 Å². The number of nitrogen functional groups attached to an aromatic ring is 1. The van der Waals surface area contributed by atoms with E-state index in [2.05, 4.69) is 30.4 Å². The molecule has 0 heterocycles. The number of rotatable bonds is 7. The standard InChI is InChI=1S/C23H26N2O2/c1-4-27-22-14-17(12-13-21(22)26-3)15-25-20-11-7-10-19(23(20)24)18-9-6-5-8-16(18)2/h5-14,25H,4,15,24H2,1-3H3. The van der Waals surface area contributed by atoms with Gasteiger partial charge in [0.25, 0.3) is 0 Å². The van der Waals surface area contributed by atoms with E-state index >= 15 is 0 Å². The van der Waals surface area contributed by atoms with Crippen molar-refractivity contribution in [2.45, 2.75) is 20.4 Å². The van der Waals surface area contributed by atoms with Crippen LogP contribution < -0.4 is 20.5 Å². The number of hydrogen-bond acceptors (Lipinski definition) is 4. The van der Waals surface area contributed by atoms with Gasteiger partial charge in [0.05, 0.1) is 25.1 Å². The first kappa shape index (κ1) is 18.6. The molecule has 0 aliphatic carbocycles. The molecule has 4 heteroatoms. The van der Waals surface area contributed by atoms with Crippen molar-refractivity contribution in [3.63, 3.8) is 0 Å². The fourth-order valence-electron chi connectivity index (χ4n) is 3.13. The molecule has 0 unspecified atom stereocenters. The number of nitrogens with one attached hydrogen (secondary N) is 1. The van der Waals surface area contributed by atoms with Gasteiger partial charge in [-0.25, -0.2) is 0 Å². The molecule has 0 amide bonds. The molecule has 3 rings (SSSR count). The van der Waals surface area contributed by atoms with E-state index in [1.165, 1.54) is 5.56 Å². The molecule has 0 atom stereocenters. The average Bonchev–Trinajstić information content (AvgIpc) is 2.68. The molecular formula is C23H26N2O2. The maximum atomic E-state index is 6.46. The Kier molecular flexibility index (Phi) is 5.87. The minimum Gasteiger partial charge on any atom is -0.493 e. The molecule has 0 spiro atoms. The van der Waals surface area contributed by atoms with E-state index in [4.69, 9.17) is 15.2 Å². The molecule has 140 valence electrons. The molecule has 0 saturated heterocycles. The van der Waals surface area contributed by atoms with E-state index in [1.54, 1.807) is 7.11 Å². The van der Waals surface area contributed by atoms with Crippen LogP contribution in [0, 0.1) is 6.92 Å². The highest BCUT2D eigenvalue weighted by molar-refractivity contribution is 5.86. The molecule has 0 bridgehead atoms. The molecule has 0 aromatic heterocycles. The fourth-order valence-corrected chi connectivity index (χ4v) is 3.13. The molecule has 3 aromatic carbocycles. The molecule has 27 heavy (non-hydrogen) atoms. The summed E-state index contributed by atoms with van der Waals surface area (Å²) >= 11 is 0. The first-order chi connectivity index (χ1) is 13.1. The minimum atomic E-state index is 0.596. The number of methoxy groups -OCH3 is 1. The summed E-state index contributed by atoms with van der Waals surface area (Å²) < 4.78 is 11.0. The molecule has 0 radical (unpaired) electrons. The van der Waals surface area contributed by atoms with Crippen LogP contribution in [0.2, 0.25) is 0 Å². The Morgan fingerprint density at radius 2 is 1.70 bits per heavy atom. The summed E-state index contributed by atoms with van der Waals surface area (Å²) in [5, 5.41) is 3.44. The lowest BCUT2D eigenvalue weighted by atomic mass is 9.98. The second-order valence-electron chi connectivity index (χ2n) is 6.35. The van der Waals surface area contributed by atoms with E-state index in [0.29, 0.717) is 13.2 Å². The third-order valence-electron chi connectivity index (χ3n) is 4.55. The van der Waals surface area contributed by atoms with Crippen molar-refractivity contribution in [2.24, 2.45) is 0 Å². The highest BCUT2D eigenvalue weighted by Gasteiger charge is 2.10. The van der Waals surface area contributed by atoms with Crippen molar-refractivity contribution in [3.05, 3.63) is 71.8 Å². The van der Waals surface area contributed by atoms with E-state index in [9.17, 15) is 0 Å². The van der Waals surface area contributed by atoms with Crippen molar-refractivity contribution in [3.8, 4) is 22.6 Å². The van der Waals surface area contributed by atoms with Crippen LogP contribution in [-0.4, -0.2) is 13.7 Å². The Bertz CT molecular complexity index is 922. The van der Waals surface area contributed by atoms with Crippen LogP contribution >= 0.6 is 0 Å². The lowest BCUT2D eigenvalue weighted by Crippen LogP contribution is -2.04.